The van der Waals surface area contributed by atoms with Gasteiger partial charge < -0.3 is 14.2 Å². The van der Waals surface area contributed by atoms with Crippen LogP contribution in [0.5, 0.6) is 11.5 Å². The number of carbonyl (C=O) groups is 2. The molecule has 0 bridgehead atoms. The molecule has 0 aliphatic carbocycles. The second-order valence-electron chi connectivity index (χ2n) is 7.22. The molecule has 0 spiro atoms. The summed E-state index contributed by atoms with van der Waals surface area (Å²) in [6.45, 7) is 3.56. The fourth-order valence-electron chi connectivity index (χ4n) is 3.41. The van der Waals surface area contributed by atoms with Gasteiger partial charge in [0.1, 0.15) is 24.1 Å². The average molecular weight is 394 g/mol. The van der Waals surface area contributed by atoms with Gasteiger partial charge in [-0.2, -0.15) is 0 Å². The van der Waals surface area contributed by atoms with Crippen molar-refractivity contribution in [1.82, 2.24) is 4.90 Å². The van der Waals surface area contributed by atoms with E-state index >= 15 is 0 Å². The summed E-state index contributed by atoms with van der Waals surface area (Å²) >= 11 is 0. The lowest BCUT2D eigenvalue weighted by Gasteiger charge is -2.23. The number of benzene rings is 1. The highest BCUT2D eigenvalue weighted by Gasteiger charge is 2.40. The summed E-state index contributed by atoms with van der Waals surface area (Å²) in [6, 6.07) is 4.46. The Hall–Kier alpha value is -2.84. The van der Waals surface area contributed by atoms with E-state index in [9.17, 15) is 19.7 Å². The molecule has 0 radical (unpaired) electrons. The number of carbonyl (C=O) groups excluding carboxylic acids is 2. The number of cyclic esters (lactones) is 1. The summed E-state index contributed by atoms with van der Waals surface area (Å²) in [7, 11) is 3.01. The number of hydrogen-bond donors (Lipinski definition) is 0. The Kier molecular flexibility index (Phi) is 7.19. The van der Waals surface area contributed by atoms with Crippen molar-refractivity contribution in [2.24, 2.45) is 11.8 Å². The molecule has 0 N–H and O–H groups in total. The summed E-state index contributed by atoms with van der Waals surface area (Å²) < 4.78 is 15.6. The predicted molar refractivity (Wildman–Crippen MR) is 99.9 cm³/mol. The molecule has 154 valence electrons. The molecule has 1 aromatic rings. The lowest BCUT2D eigenvalue weighted by Crippen LogP contribution is -2.36. The number of nitrogens with zero attached hydrogens (tertiary/aromatic N) is 2. The Labute approximate surface area is 163 Å². The molecule has 1 saturated heterocycles. The minimum Gasteiger partial charge on any atom is -0.497 e. The van der Waals surface area contributed by atoms with Gasteiger partial charge in [-0.05, 0) is 30.0 Å². The summed E-state index contributed by atoms with van der Waals surface area (Å²) in [5.41, 5.74) is 0.630. The molecular weight excluding hydrogens is 368 g/mol. The Morgan fingerprint density at radius 1 is 1.29 bits per heavy atom. The molecule has 2 atom stereocenters. The lowest BCUT2D eigenvalue weighted by molar-refractivity contribution is -0.488. The number of rotatable bonds is 9. The molecule has 1 unspecified atom stereocenters. The molecule has 9 nitrogen and oxygen atoms in total. The van der Waals surface area contributed by atoms with Gasteiger partial charge in [0.25, 0.3) is 0 Å². The Morgan fingerprint density at radius 3 is 2.39 bits per heavy atom. The van der Waals surface area contributed by atoms with E-state index in [0.717, 1.165) is 4.90 Å². The first-order chi connectivity index (χ1) is 13.2. The number of hydrogen-bond acceptors (Lipinski definition) is 7. The van der Waals surface area contributed by atoms with E-state index in [1.165, 1.54) is 14.2 Å². The monoisotopic (exact) mass is 394 g/mol. The zero-order chi connectivity index (χ0) is 20.8. The van der Waals surface area contributed by atoms with Gasteiger partial charge in [0.05, 0.1) is 14.2 Å². The van der Waals surface area contributed by atoms with Crippen molar-refractivity contribution in [3.8, 4) is 11.5 Å². The first-order valence-corrected chi connectivity index (χ1v) is 9.08. The molecular formula is C19H26N2O7. The fraction of sp³-hybridized carbons (Fsp3) is 0.579. The van der Waals surface area contributed by atoms with Crippen LogP contribution in [0, 0.1) is 22.0 Å². The van der Waals surface area contributed by atoms with E-state index in [0.29, 0.717) is 23.5 Å². The molecule has 2 rings (SSSR count). The fourth-order valence-corrected chi connectivity index (χ4v) is 3.41. The Balaban J connectivity index is 2.25. The van der Waals surface area contributed by atoms with Crippen LogP contribution < -0.4 is 9.47 Å². The van der Waals surface area contributed by atoms with Crippen LogP contribution in [0.25, 0.3) is 0 Å². The topological polar surface area (TPSA) is 108 Å². The van der Waals surface area contributed by atoms with Crippen molar-refractivity contribution in [1.29, 1.82) is 0 Å². The number of ether oxygens (including phenoxy) is 3. The quantitative estimate of drug-likeness (QED) is 0.468. The van der Waals surface area contributed by atoms with Crippen molar-refractivity contribution < 1.29 is 28.7 Å². The van der Waals surface area contributed by atoms with Crippen molar-refractivity contribution in [3.63, 3.8) is 0 Å². The minimum absolute atomic E-state index is 0.00494. The molecule has 1 aliphatic heterocycles. The normalized spacial score (nSPS) is 17.4. The van der Waals surface area contributed by atoms with E-state index in [2.05, 4.69) is 0 Å². The van der Waals surface area contributed by atoms with Crippen molar-refractivity contribution in [2.75, 3.05) is 27.4 Å². The van der Waals surface area contributed by atoms with Crippen LogP contribution in [0.4, 0.5) is 4.79 Å². The van der Waals surface area contributed by atoms with Gasteiger partial charge in [0.2, 0.25) is 12.5 Å². The standard InChI is InChI=1S/C19H26N2O7/c1-12(2)5-13(10-20(24)25)6-18(22)21-17(11-28-19(21)23)14-7-15(26-3)9-16(8-14)27-4/h7-9,12-13,17H,5-6,10-11H2,1-4H3/t13?,17-/m0/s1. The molecule has 1 heterocycles. The van der Waals surface area contributed by atoms with Crippen molar-refractivity contribution in [3.05, 3.63) is 33.9 Å². The van der Waals surface area contributed by atoms with Crippen molar-refractivity contribution >= 4 is 12.0 Å². The van der Waals surface area contributed by atoms with Gasteiger partial charge in [0, 0.05) is 23.3 Å². The third kappa shape index (κ3) is 5.34. The summed E-state index contributed by atoms with van der Waals surface area (Å²) in [5, 5.41) is 10.9. The van der Waals surface area contributed by atoms with E-state index in [4.69, 9.17) is 14.2 Å². The van der Waals surface area contributed by atoms with Crippen LogP contribution in [-0.4, -0.2) is 49.2 Å². The maximum absolute atomic E-state index is 12.9. The third-order valence-corrected chi connectivity index (χ3v) is 4.58. The van der Waals surface area contributed by atoms with Gasteiger partial charge in [-0.15, -0.1) is 0 Å². The molecule has 0 saturated carbocycles. The summed E-state index contributed by atoms with van der Waals surface area (Å²) in [6.07, 6.45) is -0.319. The minimum atomic E-state index is -0.749. The van der Waals surface area contributed by atoms with Gasteiger partial charge in [-0.3, -0.25) is 14.9 Å². The van der Waals surface area contributed by atoms with Crippen LogP contribution in [0.2, 0.25) is 0 Å². The largest absolute Gasteiger partial charge is 0.497 e. The Bertz CT molecular complexity index is 713. The molecule has 1 aromatic carbocycles. The molecule has 0 aromatic heterocycles. The molecule has 28 heavy (non-hydrogen) atoms. The van der Waals surface area contributed by atoms with E-state index < -0.39 is 28.9 Å². The van der Waals surface area contributed by atoms with Crippen LogP contribution >= 0.6 is 0 Å². The SMILES string of the molecule is COc1cc(OC)cc([C@@H]2COC(=O)N2C(=O)CC(CC(C)C)C[N+](=O)[O-])c1. The zero-order valence-electron chi connectivity index (χ0n) is 16.5. The maximum atomic E-state index is 12.9. The van der Waals surface area contributed by atoms with Crippen LogP contribution in [0.15, 0.2) is 18.2 Å². The summed E-state index contributed by atoms with van der Waals surface area (Å²) in [5.74, 6) is 0.305. The van der Waals surface area contributed by atoms with Crippen molar-refractivity contribution in [2.45, 2.75) is 32.7 Å². The average Bonchev–Trinajstić information content (AvgIpc) is 3.01. The molecule has 1 fully saturated rings. The molecule has 2 amide bonds. The number of imide groups is 1. The maximum Gasteiger partial charge on any atom is 0.417 e. The van der Waals surface area contributed by atoms with Gasteiger partial charge in [-0.25, -0.2) is 9.69 Å². The zero-order valence-corrected chi connectivity index (χ0v) is 16.5. The van der Waals surface area contributed by atoms with E-state index in [1.54, 1.807) is 18.2 Å². The number of nitro groups is 1. The highest BCUT2D eigenvalue weighted by atomic mass is 16.6. The molecule has 1 aliphatic rings. The second kappa shape index (κ2) is 9.38. The second-order valence-corrected chi connectivity index (χ2v) is 7.22. The van der Waals surface area contributed by atoms with Crippen LogP contribution in [0.3, 0.4) is 0 Å². The highest BCUT2D eigenvalue weighted by molar-refractivity contribution is 5.93. The smallest absolute Gasteiger partial charge is 0.417 e. The lowest BCUT2D eigenvalue weighted by atomic mass is 9.93. The first-order valence-electron chi connectivity index (χ1n) is 9.08. The third-order valence-electron chi connectivity index (χ3n) is 4.58. The van der Waals surface area contributed by atoms with Crippen LogP contribution in [0.1, 0.15) is 38.3 Å². The summed E-state index contributed by atoms with van der Waals surface area (Å²) in [4.78, 5) is 36.6. The Morgan fingerprint density at radius 2 is 1.89 bits per heavy atom. The predicted octanol–water partition coefficient (Wildman–Crippen LogP) is 3.05. The van der Waals surface area contributed by atoms with Gasteiger partial charge in [0.15, 0.2) is 0 Å². The van der Waals surface area contributed by atoms with Gasteiger partial charge in [-0.1, -0.05) is 13.8 Å². The van der Waals surface area contributed by atoms with Crippen LogP contribution in [-0.2, 0) is 9.53 Å². The first kappa shape index (κ1) is 21.5. The van der Waals surface area contributed by atoms with Gasteiger partial charge >= 0.3 is 6.09 Å². The highest BCUT2D eigenvalue weighted by Crippen LogP contribution is 2.34. The number of amides is 2. The number of methoxy groups -OCH3 is 2. The van der Waals surface area contributed by atoms with E-state index in [1.807, 2.05) is 13.8 Å². The molecule has 9 heteroatoms. The van der Waals surface area contributed by atoms with E-state index in [-0.39, 0.29) is 25.5 Å².